The Hall–Kier alpha value is -3.44. The average Bonchev–Trinajstić information content (AvgIpc) is 2.85. The topological polar surface area (TPSA) is 107 Å². The van der Waals surface area contributed by atoms with Gasteiger partial charge in [-0.15, -0.1) is 0 Å². The van der Waals surface area contributed by atoms with Crippen LogP contribution in [0.2, 0.25) is 0 Å². The lowest BCUT2D eigenvalue weighted by Crippen LogP contribution is -2.15. The van der Waals surface area contributed by atoms with E-state index in [2.05, 4.69) is 39.5 Å². The summed E-state index contributed by atoms with van der Waals surface area (Å²) in [6.45, 7) is 2.37. The number of benzene rings is 2. The van der Waals surface area contributed by atoms with E-state index in [1.54, 1.807) is 7.11 Å². The predicted molar refractivity (Wildman–Crippen MR) is 127 cm³/mol. The zero-order valence-corrected chi connectivity index (χ0v) is 18.7. The molecular weight excluding hydrogens is 418 g/mol. The standard InChI is InChI=1S/C26H29N3O4/c1-33-14-2-13-27-16-21-7-5-19(6-8-21)3-4-20-9-11-22(12-10-20)23(18-30)15-24-26(32)25(31)17-28-29-24/h5-12,17,23,27,30H,2,13-16,18H2,1H3,(H,28,32)(H,29,31). The molecule has 0 spiro atoms. The zero-order chi connectivity index (χ0) is 23.5. The first kappa shape index (κ1) is 24.2. The van der Waals surface area contributed by atoms with Crippen molar-refractivity contribution >= 4 is 0 Å². The molecule has 0 aliphatic carbocycles. The molecule has 1 heterocycles. The Morgan fingerprint density at radius 1 is 1.09 bits per heavy atom. The van der Waals surface area contributed by atoms with Gasteiger partial charge in [0.2, 0.25) is 5.43 Å². The lowest BCUT2D eigenvalue weighted by Gasteiger charge is -2.15. The van der Waals surface area contributed by atoms with Gasteiger partial charge in [0.05, 0.1) is 18.5 Å². The molecule has 1 aromatic heterocycles. The van der Waals surface area contributed by atoms with Crippen LogP contribution in [0.15, 0.2) is 59.5 Å². The maximum Gasteiger partial charge on any atom is 0.241 e. The van der Waals surface area contributed by atoms with Crippen molar-refractivity contribution in [3.8, 4) is 17.6 Å². The van der Waals surface area contributed by atoms with E-state index < -0.39 is 5.43 Å². The number of ether oxygens (including phenoxy) is 1. The Morgan fingerprint density at radius 3 is 2.39 bits per heavy atom. The van der Waals surface area contributed by atoms with Gasteiger partial charge in [0.25, 0.3) is 0 Å². The highest BCUT2D eigenvalue weighted by atomic mass is 16.5. The van der Waals surface area contributed by atoms with Gasteiger partial charge in [0.15, 0.2) is 5.75 Å². The summed E-state index contributed by atoms with van der Waals surface area (Å²) in [7, 11) is 1.71. The van der Waals surface area contributed by atoms with Crippen molar-refractivity contribution in [1.82, 2.24) is 15.5 Å². The highest BCUT2D eigenvalue weighted by Gasteiger charge is 2.15. The zero-order valence-electron chi connectivity index (χ0n) is 18.7. The molecule has 3 aromatic rings. The van der Waals surface area contributed by atoms with Crippen LogP contribution >= 0.6 is 0 Å². The van der Waals surface area contributed by atoms with Crippen LogP contribution in [0.25, 0.3) is 0 Å². The number of aromatic amines is 1. The fourth-order valence-electron chi connectivity index (χ4n) is 3.37. The molecule has 7 heteroatoms. The number of hydrogen-bond acceptors (Lipinski definition) is 6. The molecule has 172 valence electrons. The number of aromatic nitrogens is 2. The van der Waals surface area contributed by atoms with Gasteiger partial charge in [0, 0.05) is 43.7 Å². The third kappa shape index (κ3) is 7.29. The van der Waals surface area contributed by atoms with Crippen molar-refractivity contribution in [2.24, 2.45) is 0 Å². The minimum absolute atomic E-state index is 0.130. The normalized spacial score (nSPS) is 11.6. The second kappa shape index (κ2) is 12.6. The van der Waals surface area contributed by atoms with Gasteiger partial charge in [-0.05, 0) is 48.4 Å². The number of nitrogens with zero attached hydrogens (tertiary/aromatic N) is 1. The largest absolute Gasteiger partial charge is 0.503 e. The summed E-state index contributed by atoms with van der Waals surface area (Å²) in [5, 5.41) is 29.5. The van der Waals surface area contributed by atoms with Crippen LogP contribution in [0.4, 0.5) is 0 Å². The van der Waals surface area contributed by atoms with E-state index in [-0.39, 0.29) is 24.7 Å². The molecule has 33 heavy (non-hydrogen) atoms. The Balaban J connectivity index is 1.59. The number of methoxy groups -OCH3 is 1. The van der Waals surface area contributed by atoms with Gasteiger partial charge in [-0.3, -0.25) is 9.89 Å². The molecule has 2 aromatic carbocycles. The molecule has 7 nitrogen and oxygen atoms in total. The van der Waals surface area contributed by atoms with Crippen LogP contribution in [-0.4, -0.2) is 47.3 Å². The summed E-state index contributed by atoms with van der Waals surface area (Å²) in [4.78, 5) is 11.6. The maximum absolute atomic E-state index is 11.6. The quantitative estimate of drug-likeness (QED) is 0.281. The summed E-state index contributed by atoms with van der Waals surface area (Å²) >= 11 is 0. The molecule has 0 saturated heterocycles. The van der Waals surface area contributed by atoms with Gasteiger partial charge in [-0.25, -0.2) is 0 Å². The van der Waals surface area contributed by atoms with Crippen molar-refractivity contribution in [1.29, 1.82) is 0 Å². The SMILES string of the molecule is COCCCNCc1ccc(C#Cc2ccc(C(CO)Cc3[nH]ncc(=O)c3O)cc2)cc1. The first-order valence-electron chi connectivity index (χ1n) is 10.9. The number of aliphatic hydroxyl groups excluding tert-OH is 1. The molecule has 0 aliphatic rings. The Kier molecular flexibility index (Phi) is 9.21. The summed E-state index contributed by atoms with van der Waals surface area (Å²) in [6, 6.07) is 15.8. The average molecular weight is 448 g/mol. The highest BCUT2D eigenvalue weighted by Crippen LogP contribution is 2.22. The maximum atomic E-state index is 11.6. The minimum atomic E-state index is -0.544. The smallest absolute Gasteiger partial charge is 0.241 e. The van der Waals surface area contributed by atoms with Gasteiger partial charge in [0.1, 0.15) is 0 Å². The molecule has 1 unspecified atom stereocenters. The predicted octanol–water partition coefficient (Wildman–Crippen LogP) is 2.32. The molecule has 1 atom stereocenters. The first-order valence-corrected chi connectivity index (χ1v) is 10.9. The first-order chi connectivity index (χ1) is 16.1. The number of aromatic hydroxyl groups is 1. The number of H-pyrrole nitrogens is 1. The molecular formula is C26H29N3O4. The van der Waals surface area contributed by atoms with Crippen molar-refractivity contribution in [2.45, 2.75) is 25.3 Å². The van der Waals surface area contributed by atoms with Crippen LogP contribution in [0.3, 0.4) is 0 Å². The third-order valence-electron chi connectivity index (χ3n) is 5.29. The van der Waals surface area contributed by atoms with Gasteiger partial charge in [-0.1, -0.05) is 36.1 Å². The summed E-state index contributed by atoms with van der Waals surface area (Å²) in [5.41, 5.74) is 3.65. The van der Waals surface area contributed by atoms with E-state index in [0.29, 0.717) is 5.69 Å². The summed E-state index contributed by atoms with van der Waals surface area (Å²) in [6.07, 6.45) is 2.28. The Morgan fingerprint density at radius 2 is 1.76 bits per heavy atom. The molecule has 0 radical (unpaired) electrons. The number of hydrogen-bond donors (Lipinski definition) is 4. The minimum Gasteiger partial charge on any atom is -0.503 e. The van der Waals surface area contributed by atoms with Gasteiger partial charge >= 0.3 is 0 Å². The van der Waals surface area contributed by atoms with Crippen molar-refractivity contribution < 1.29 is 14.9 Å². The van der Waals surface area contributed by atoms with E-state index in [1.807, 2.05) is 36.4 Å². The summed E-state index contributed by atoms with van der Waals surface area (Å²) in [5.74, 6) is 5.68. The fraction of sp³-hybridized carbons (Fsp3) is 0.308. The molecule has 0 fully saturated rings. The van der Waals surface area contributed by atoms with Crippen LogP contribution < -0.4 is 10.7 Å². The molecule has 0 aliphatic heterocycles. The van der Waals surface area contributed by atoms with Crippen molar-refractivity contribution in [3.05, 3.63) is 92.9 Å². The monoisotopic (exact) mass is 447 g/mol. The lowest BCUT2D eigenvalue weighted by molar-refractivity contribution is 0.194. The summed E-state index contributed by atoms with van der Waals surface area (Å²) < 4.78 is 5.04. The van der Waals surface area contributed by atoms with Gasteiger partial charge < -0.3 is 20.3 Å². The molecule has 0 amide bonds. The molecule has 0 bridgehead atoms. The lowest BCUT2D eigenvalue weighted by atomic mass is 9.94. The third-order valence-corrected chi connectivity index (χ3v) is 5.29. The van der Waals surface area contributed by atoms with Crippen LogP contribution in [-0.2, 0) is 17.7 Å². The van der Waals surface area contributed by atoms with Crippen LogP contribution in [0, 0.1) is 11.8 Å². The van der Waals surface area contributed by atoms with Gasteiger partial charge in [-0.2, -0.15) is 5.10 Å². The molecule has 4 N–H and O–H groups in total. The van der Waals surface area contributed by atoms with E-state index in [9.17, 15) is 15.0 Å². The van der Waals surface area contributed by atoms with Crippen LogP contribution in [0.1, 0.15) is 40.3 Å². The van der Waals surface area contributed by atoms with E-state index in [1.165, 1.54) is 5.56 Å². The van der Waals surface area contributed by atoms with E-state index in [4.69, 9.17) is 4.74 Å². The van der Waals surface area contributed by atoms with Crippen molar-refractivity contribution in [3.63, 3.8) is 0 Å². The van der Waals surface area contributed by atoms with E-state index >= 15 is 0 Å². The Labute approximate surface area is 193 Å². The fourth-order valence-corrected chi connectivity index (χ4v) is 3.37. The number of nitrogens with one attached hydrogen (secondary N) is 2. The second-order valence-electron chi connectivity index (χ2n) is 7.74. The number of rotatable bonds is 10. The second-order valence-corrected chi connectivity index (χ2v) is 7.74. The van der Waals surface area contributed by atoms with E-state index in [0.717, 1.165) is 49.0 Å². The number of aliphatic hydroxyl groups is 1. The Bertz CT molecular complexity index is 1130. The molecule has 0 saturated carbocycles. The van der Waals surface area contributed by atoms with Crippen LogP contribution in [0.5, 0.6) is 5.75 Å². The molecule has 3 rings (SSSR count). The van der Waals surface area contributed by atoms with Crippen molar-refractivity contribution in [2.75, 3.05) is 26.9 Å². The highest BCUT2D eigenvalue weighted by molar-refractivity contribution is 5.44.